The molecule has 1 aromatic rings. The van der Waals surface area contributed by atoms with Gasteiger partial charge in [-0.05, 0) is 50.8 Å². The first-order valence-electron chi connectivity index (χ1n) is 11.1. The third-order valence-corrected chi connectivity index (χ3v) is 6.48. The number of aryl methyl sites for hydroxylation is 1. The summed E-state index contributed by atoms with van der Waals surface area (Å²) in [5.74, 6) is 0.300. The molecule has 0 bridgehead atoms. The number of piperazine rings is 1. The summed E-state index contributed by atoms with van der Waals surface area (Å²) in [5, 5.41) is 3.04. The van der Waals surface area contributed by atoms with E-state index in [9.17, 15) is 9.59 Å². The van der Waals surface area contributed by atoms with Gasteiger partial charge >= 0.3 is 0 Å². The van der Waals surface area contributed by atoms with E-state index in [1.165, 1.54) is 18.4 Å². The minimum atomic E-state index is -0.0704. The molecule has 160 valence electrons. The fourth-order valence-corrected chi connectivity index (χ4v) is 4.30. The first kappa shape index (κ1) is 21.8. The summed E-state index contributed by atoms with van der Waals surface area (Å²) in [6.07, 6.45) is 4.73. The number of rotatable bonds is 5. The first-order valence-corrected chi connectivity index (χ1v) is 11.1. The van der Waals surface area contributed by atoms with Gasteiger partial charge in [0, 0.05) is 45.0 Å². The molecule has 0 aliphatic carbocycles. The highest BCUT2D eigenvalue weighted by Crippen LogP contribution is 2.18. The number of benzene rings is 1. The molecule has 1 aromatic carbocycles. The van der Waals surface area contributed by atoms with Gasteiger partial charge < -0.3 is 10.2 Å². The van der Waals surface area contributed by atoms with Crippen molar-refractivity contribution < 1.29 is 9.59 Å². The summed E-state index contributed by atoms with van der Waals surface area (Å²) in [6.45, 7) is 11.6. The topological polar surface area (TPSA) is 55.9 Å². The largest absolute Gasteiger partial charge is 0.341 e. The maximum Gasteiger partial charge on any atom is 0.239 e. The Morgan fingerprint density at radius 1 is 0.966 bits per heavy atom. The molecule has 2 amide bonds. The van der Waals surface area contributed by atoms with Crippen molar-refractivity contribution in [3.05, 3.63) is 29.3 Å². The lowest BCUT2D eigenvalue weighted by Crippen LogP contribution is -2.55. The Balaban J connectivity index is 1.45. The van der Waals surface area contributed by atoms with Crippen LogP contribution in [0.4, 0.5) is 5.69 Å². The van der Waals surface area contributed by atoms with E-state index in [4.69, 9.17) is 0 Å². The van der Waals surface area contributed by atoms with Crippen LogP contribution in [0.25, 0.3) is 0 Å². The molecule has 2 aliphatic heterocycles. The van der Waals surface area contributed by atoms with E-state index >= 15 is 0 Å². The second kappa shape index (κ2) is 10.2. The summed E-state index contributed by atoms with van der Waals surface area (Å²) < 4.78 is 0. The minimum absolute atomic E-state index is 0.0286. The quantitative estimate of drug-likeness (QED) is 0.826. The number of amides is 2. The fourth-order valence-electron chi connectivity index (χ4n) is 4.30. The second-order valence-corrected chi connectivity index (χ2v) is 8.52. The molecule has 0 radical (unpaired) electrons. The summed E-state index contributed by atoms with van der Waals surface area (Å²) in [5.41, 5.74) is 3.19. The van der Waals surface area contributed by atoms with E-state index in [2.05, 4.69) is 33.0 Å². The zero-order chi connectivity index (χ0) is 20.8. The zero-order valence-electron chi connectivity index (χ0n) is 18.2. The van der Waals surface area contributed by atoms with Crippen LogP contribution in [0.2, 0.25) is 0 Å². The van der Waals surface area contributed by atoms with Crippen LogP contribution in [-0.2, 0) is 9.59 Å². The molecule has 1 atom stereocenters. The Kier molecular flexibility index (Phi) is 7.67. The van der Waals surface area contributed by atoms with Gasteiger partial charge in [-0.15, -0.1) is 0 Å². The van der Waals surface area contributed by atoms with Gasteiger partial charge in [-0.1, -0.05) is 25.0 Å². The Hall–Kier alpha value is -1.92. The molecular weight excluding hydrogens is 364 g/mol. The molecule has 2 aliphatic rings. The molecule has 6 nitrogen and oxygen atoms in total. The van der Waals surface area contributed by atoms with Crippen LogP contribution in [-0.4, -0.2) is 78.4 Å². The maximum atomic E-state index is 12.9. The van der Waals surface area contributed by atoms with Crippen LogP contribution >= 0.6 is 0 Å². The van der Waals surface area contributed by atoms with Crippen molar-refractivity contribution in [1.82, 2.24) is 14.7 Å². The molecule has 0 unspecified atom stereocenters. The Morgan fingerprint density at radius 2 is 1.62 bits per heavy atom. The van der Waals surface area contributed by atoms with Crippen LogP contribution in [0.3, 0.4) is 0 Å². The molecule has 0 aromatic heterocycles. The van der Waals surface area contributed by atoms with Crippen LogP contribution in [0, 0.1) is 13.8 Å². The van der Waals surface area contributed by atoms with Crippen molar-refractivity contribution in [2.24, 2.45) is 0 Å². The fraction of sp³-hybridized carbons (Fsp3) is 0.652. The lowest BCUT2D eigenvalue weighted by Gasteiger charge is -2.38. The maximum absolute atomic E-state index is 12.9. The Bertz CT molecular complexity index is 705. The summed E-state index contributed by atoms with van der Waals surface area (Å²) in [4.78, 5) is 31.9. The van der Waals surface area contributed by atoms with Crippen LogP contribution < -0.4 is 5.32 Å². The Morgan fingerprint density at radius 3 is 2.28 bits per heavy atom. The minimum Gasteiger partial charge on any atom is -0.341 e. The average Bonchev–Trinajstić information content (AvgIpc) is 3.00. The van der Waals surface area contributed by atoms with Crippen molar-refractivity contribution in [3.8, 4) is 0 Å². The van der Waals surface area contributed by atoms with E-state index in [1.807, 2.05) is 26.0 Å². The van der Waals surface area contributed by atoms with E-state index in [0.717, 1.165) is 63.4 Å². The zero-order valence-corrected chi connectivity index (χ0v) is 18.2. The number of nitrogens with zero attached hydrogens (tertiary/aromatic N) is 3. The van der Waals surface area contributed by atoms with Crippen LogP contribution in [0.15, 0.2) is 18.2 Å². The third kappa shape index (κ3) is 5.80. The summed E-state index contributed by atoms with van der Waals surface area (Å²) in [7, 11) is 0. The highest BCUT2D eigenvalue weighted by atomic mass is 16.2. The van der Waals surface area contributed by atoms with Gasteiger partial charge in [-0.2, -0.15) is 0 Å². The van der Waals surface area contributed by atoms with Crippen molar-refractivity contribution in [3.63, 3.8) is 0 Å². The van der Waals surface area contributed by atoms with Crippen molar-refractivity contribution in [2.75, 3.05) is 51.1 Å². The van der Waals surface area contributed by atoms with E-state index in [1.54, 1.807) is 0 Å². The monoisotopic (exact) mass is 400 g/mol. The molecule has 0 saturated carbocycles. The van der Waals surface area contributed by atoms with Crippen molar-refractivity contribution in [1.29, 1.82) is 0 Å². The van der Waals surface area contributed by atoms with Gasteiger partial charge in [0.2, 0.25) is 11.8 Å². The lowest BCUT2D eigenvalue weighted by molar-refractivity contribution is -0.137. The van der Waals surface area contributed by atoms with Gasteiger partial charge in [0.1, 0.15) is 0 Å². The second-order valence-electron chi connectivity index (χ2n) is 8.52. The molecule has 3 rings (SSSR count). The number of hydrogen-bond donors (Lipinski definition) is 1. The molecule has 2 heterocycles. The highest BCUT2D eigenvalue weighted by molar-refractivity contribution is 5.93. The van der Waals surface area contributed by atoms with Crippen LogP contribution in [0.1, 0.15) is 43.7 Å². The van der Waals surface area contributed by atoms with E-state index in [0.29, 0.717) is 6.54 Å². The van der Waals surface area contributed by atoms with Crippen molar-refractivity contribution in [2.45, 2.75) is 52.5 Å². The lowest BCUT2D eigenvalue weighted by atomic mass is 10.1. The van der Waals surface area contributed by atoms with Gasteiger partial charge in [-0.3, -0.25) is 19.4 Å². The molecule has 29 heavy (non-hydrogen) atoms. The predicted molar refractivity (Wildman–Crippen MR) is 117 cm³/mol. The number of carbonyl (C=O) groups excluding carboxylic acids is 2. The van der Waals surface area contributed by atoms with Crippen LogP contribution in [0.5, 0.6) is 0 Å². The number of nitrogens with one attached hydrogen (secondary N) is 1. The van der Waals surface area contributed by atoms with Gasteiger partial charge in [0.25, 0.3) is 0 Å². The molecule has 0 spiro atoms. The smallest absolute Gasteiger partial charge is 0.239 e. The molecule has 2 saturated heterocycles. The number of anilines is 1. The van der Waals surface area contributed by atoms with E-state index < -0.39 is 0 Å². The van der Waals surface area contributed by atoms with E-state index in [-0.39, 0.29) is 17.9 Å². The van der Waals surface area contributed by atoms with Gasteiger partial charge in [0.05, 0.1) is 12.6 Å². The summed E-state index contributed by atoms with van der Waals surface area (Å²) in [6, 6.07) is 5.91. The number of likely N-dealkylation sites (tertiary alicyclic amines) is 1. The summed E-state index contributed by atoms with van der Waals surface area (Å²) >= 11 is 0. The van der Waals surface area contributed by atoms with Crippen molar-refractivity contribution >= 4 is 17.5 Å². The highest BCUT2D eigenvalue weighted by Gasteiger charge is 2.29. The molecule has 2 fully saturated rings. The molecule has 1 N–H and O–H groups in total. The first-order chi connectivity index (χ1) is 14.0. The standard InChI is InChI=1S/C23H36N4O2/c1-18-9-8-10-21(19(18)2)24-22(28)17-25-13-15-26(16-14-25)20(3)23(29)27-11-6-4-5-7-12-27/h8-10,20H,4-7,11-17H2,1-3H3,(H,24,28)/t20-/m0/s1. The SMILES string of the molecule is Cc1cccc(NC(=O)CN2CCN([C@@H](C)C(=O)N3CCCCCC3)CC2)c1C. The third-order valence-electron chi connectivity index (χ3n) is 6.48. The predicted octanol–water partition coefficient (Wildman–Crippen LogP) is 2.65. The number of carbonyl (C=O) groups is 2. The number of hydrogen-bond acceptors (Lipinski definition) is 4. The Labute approximate surface area is 175 Å². The normalized spacial score (nSPS) is 20.2. The average molecular weight is 401 g/mol. The molecular formula is C23H36N4O2. The van der Waals surface area contributed by atoms with Gasteiger partial charge in [-0.25, -0.2) is 0 Å². The van der Waals surface area contributed by atoms with Gasteiger partial charge in [0.15, 0.2) is 0 Å². The molecule has 6 heteroatoms.